The van der Waals surface area contributed by atoms with Gasteiger partial charge < -0.3 is 14.4 Å². The van der Waals surface area contributed by atoms with Gasteiger partial charge in [-0.3, -0.25) is 15.0 Å². The van der Waals surface area contributed by atoms with Crippen LogP contribution in [0.2, 0.25) is 5.15 Å². The van der Waals surface area contributed by atoms with Crippen molar-refractivity contribution < 1.29 is 24.0 Å². The molecule has 0 spiro atoms. The van der Waals surface area contributed by atoms with E-state index in [1.54, 1.807) is 42.3 Å². The van der Waals surface area contributed by atoms with E-state index in [2.05, 4.69) is 25.8 Å². The predicted octanol–water partition coefficient (Wildman–Crippen LogP) is 4.81. The Morgan fingerprint density at radius 1 is 1.14 bits per heavy atom. The first-order valence-electron chi connectivity index (χ1n) is 10.8. The third-order valence-electron chi connectivity index (χ3n) is 5.07. The van der Waals surface area contributed by atoms with Gasteiger partial charge in [-0.05, 0) is 41.7 Å². The minimum Gasteiger partial charge on any atom is -0.424 e. The second-order valence-corrected chi connectivity index (χ2v) is 9.01. The van der Waals surface area contributed by atoms with Crippen molar-refractivity contribution in [1.82, 2.24) is 14.8 Å². The van der Waals surface area contributed by atoms with Crippen LogP contribution in [-0.4, -0.2) is 52.2 Å². The van der Waals surface area contributed by atoms with Crippen LogP contribution in [0.15, 0.2) is 54.6 Å². The van der Waals surface area contributed by atoms with Crippen molar-refractivity contribution in [3.05, 3.63) is 86.6 Å². The highest BCUT2D eigenvalue weighted by atomic mass is 35.5. The second-order valence-electron chi connectivity index (χ2n) is 8.62. The summed E-state index contributed by atoms with van der Waals surface area (Å²) in [6.45, 7) is 7.89. The molecule has 188 valence electrons. The highest BCUT2D eigenvalue weighted by Crippen LogP contribution is 2.22. The molecule has 1 heterocycles. The Bertz CT molecular complexity index is 1060. The standard InChI is InChI=1S/C24H29ClN4O6/c1-6-28(14-17-7-12-20(25)26-13-17)21(15-29(32)33)27(5)23(31)35-16-34-22(30)18-8-10-19(11-9-18)24(2,3)4/h7-13,15H,6,14,16H2,1-5H3/b21-15-. The molecule has 0 aliphatic carbocycles. The number of nitro groups is 1. The van der Waals surface area contributed by atoms with E-state index < -0.39 is 23.8 Å². The molecule has 0 fully saturated rings. The monoisotopic (exact) mass is 504 g/mol. The van der Waals surface area contributed by atoms with Crippen LogP contribution in [0.5, 0.6) is 0 Å². The number of carbonyl (C=O) groups excluding carboxylic acids is 2. The Labute approximate surface area is 209 Å². The third-order valence-corrected chi connectivity index (χ3v) is 5.29. The van der Waals surface area contributed by atoms with E-state index in [9.17, 15) is 19.7 Å². The summed E-state index contributed by atoms with van der Waals surface area (Å²) in [4.78, 5) is 41.9. The molecule has 10 nitrogen and oxygen atoms in total. The van der Waals surface area contributed by atoms with Gasteiger partial charge in [-0.1, -0.05) is 50.6 Å². The zero-order valence-electron chi connectivity index (χ0n) is 20.4. The lowest BCUT2D eigenvalue weighted by Crippen LogP contribution is -2.38. The Morgan fingerprint density at radius 2 is 1.80 bits per heavy atom. The van der Waals surface area contributed by atoms with E-state index in [-0.39, 0.29) is 17.8 Å². The number of hydrogen-bond acceptors (Lipinski definition) is 8. The maximum Gasteiger partial charge on any atom is 0.418 e. The molecule has 0 N–H and O–H groups in total. The van der Waals surface area contributed by atoms with Crippen LogP contribution < -0.4 is 0 Å². The van der Waals surface area contributed by atoms with Crippen molar-refractivity contribution in [3.63, 3.8) is 0 Å². The lowest BCUT2D eigenvalue weighted by atomic mass is 9.87. The smallest absolute Gasteiger partial charge is 0.418 e. The molecule has 0 bridgehead atoms. The van der Waals surface area contributed by atoms with Gasteiger partial charge in [0.15, 0.2) is 5.82 Å². The number of pyridine rings is 1. The molecule has 11 heteroatoms. The number of halogens is 1. The Hall–Kier alpha value is -3.66. The fourth-order valence-electron chi connectivity index (χ4n) is 3.06. The van der Waals surface area contributed by atoms with Crippen LogP contribution in [0, 0.1) is 10.1 Å². The van der Waals surface area contributed by atoms with Crippen LogP contribution in [0.3, 0.4) is 0 Å². The first kappa shape index (κ1) is 27.6. The number of amides is 1. The maximum atomic E-state index is 12.5. The normalized spacial score (nSPS) is 11.5. The van der Waals surface area contributed by atoms with E-state index in [1.165, 1.54) is 7.05 Å². The van der Waals surface area contributed by atoms with Gasteiger partial charge in [0.25, 0.3) is 6.20 Å². The van der Waals surface area contributed by atoms with Crippen molar-refractivity contribution in [2.45, 2.75) is 39.7 Å². The molecular formula is C24H29ClN4O6. The maximum absolute atomic E-state index is 12.5. The topological polar surface area (TPSA) is 115 Å². The van der Waals surface area contributed by atoms with Crippen LogP contribution in [0.1, 0.15) is 49.2 Å². The number of rotatable bonds is 9. The largest absolute Gasteiger partial charge is 0.424 e. The minimum absolute atomic E-state index is 0.0125. The van der Waals surface area contributed by atoms with Gasteiger partial charge in [-0.15, -0.1) is 0 Å². The highest BCUT2D eigenvalue weighted by Gasteiger charge is 2.24. The minimum atomic E-state index is -0.929. The van der Waals surface area contributed by atoms with Crippen molar-refractivity contribution in [3.8, 4) is 0 Å². The summed E-state index contributed by atoms with van der Waals surface area (Å²) < 4.78 is 10.1. The van der Waals surface area contributed by atoms with Crippen molar-refractivity contribution >= 4 is 23.7 Å². The molecule has 0 atom stereocenters. The molecule has 0 saturated carbocycles. The van der Waals surface area contributed by atoms with E-state index in [4.69, 9.17) is 21.1 Å². The number of hydrogen-bond donors (Lipinski definition) is 0. The van der Waals surface area contributed by atoms with Crippen molar-refractivity contribution in [2.24, 2.45) is 0 Å². The molecular weight excluding hydrogens is 476 g/mol. The number of carbonyl (C=O) groups is 2. The number of ether oxygens (including phenoxy) is 2. The quantitative estimate of drug-likeness (QED) is 0.157. The van der Waals surface area contributed by atoms with Gasteiger partial charge in [0.2, 0.25) is 6.79 Å². The summed E-state index contributed by atoms with van der Waals surface area (Å²) >= 11 is 5.81. The van der Waals surface area contributed by atoms with Crippen molar-refractivity contribution in [2.75, 3.05) is 20.4 Å². The molecule has 1 amide bonds. The summed E-state index contributed by atoms with van der Waals surface area (Å²) in [5, 5.41) is 11.5. The molecule has 1 aromatic heterocycles. The van der Waals surface area contributed by atoms with Gasteiger partial charge in [-0.2, -0.15) is 0 Å². The second kappa shape index (κ2) is 12.2. The number of aromatic nitrogens is 1. The third kappa shape index (κ3) is 8.25. The van der Waals surface area contributed by atoms with E-state index in [0.717, 1.165) is 16.0 Å². The van der Waals surface area contributed by atoms with Gasteiger partial charge in [0.05, 0.1) is 10.5 Å². The van der Waals surface area contributed by atoms with Crippen LogP contribution in [-0.2, 0) is 21.4 Å². The van der Waals surface area contributed by atoms with Gasteiger partial charge in [0.1, 0.15) is 5.15 Å². The summed E-state index contributed by atoms with van der Waals surface area (Å²) in [6, 6.07) is 10.3. The van der Waals surface area contributed by atoms with E-state index >= 15 is 0 Å². The lowest BCUT2D eigenvalue weighted by molar-refractivity contribution is -0.405. The summed E-state index contributed by atoms with van der Waals surface area (Å²) in [7, 11) is 1.33. The molecule has 0 aliphatic heterocycles. The van der Waals surface area contributed by atoms with Gasteiger partial charge in [0, 0.05) is 26.3 Å². The molecule has 0 radical (unpaired) electrons. The summed E-state index contributed by atoms with van der Waals surface area (Å²) in [5.41, 5.74) is 2.04. The number of esters is 1. The molecule has 1 aromatic carbocycles. The fourth-order valence-corrected chi connectivity index (χ4v) is 3.18. The zero-order valence-corrected chi connectivity index (χ0v) is 21.1. The Balaban J connectivity index is 2.02. The van der Waals surface area contributed by atoms with Crippen LogP contribution >= 0.6 is 11.6 Å². The van der Waals surface area contributed by atoms with Crippen molar-refractivity contribution in [1.29, 1.82) is 0 Å². The molecule has 0 unspecified atom stereocenters. The predicted molar refractivity (Wildman–Crippen MR) is 130 cm³/mol. The highest BCUT2D eigenvalue weighted by molar-refractivity contribution is 6.29. The van der Waals surface area contributed by atoms with Crippen LogP contribution in [0.25, 0.3) is 0 Å². The Kier molecular flexibility index (Phi) is 9.59. The van der Waals surface area contributed by atoms with E-state index in [1.807, 2.05) is 12.1 Å². The number of nitrogens with zero attached hydrogens (tertiary/aromatic N) is 4. The molecule has 0 saturated heterocycles. The Morgan fingerprint density at radius 3 is 2.31 bits per heavy atom. The average Bonchev–Trinajstić information content (AvgIpc) is 2.81. The molecule has 2 rings (SSSR count). The molecule has 0 aliphatic rings. The fraction of sp³-hybridized carbons (Fsp3) is 0.375. The van der Waals surface area contributed by atoms with Crippen LogP contribution in [0.4, 0.5) is 4.79 Å². The van der Waals surface area contributed by atoms with Gasteiger partial charge >= 0.3 is 12.1 Å². The van der Waals surface area contributed by atoms with E-state index in [0.29, 0.717) is 23.5 Å². The summed E-state index contributed by atoms with van der Waals surface area (Å²) in [6.07, 6.45) is 1.32. The SMILES string of the molecule is CCN(Cc1ccc(Cl)nc1)/C(=C\[N+](=O)[O-])N(C)C(=O)OCOC(=O)c1ccc(C(C)(C)C)cc1. The summed E-state index contributed by atoms with van der Waals surface area (Å²) in [5.74, 6) is -0.672. The zero-order chi connectivity index (χ0) is 26.2. The average molecular weight is 505 g/mol. The lowest BCUT2D eigenvalue weighted by Gasteiger charge is -2.29. The van der Waals surface area contributed by atoms with Gasteiger partial charge in [-0.25, -0.2) is 14.6 Å². The molecule has 2 aromatic rings. The molecule has 35 heavy (non-hydrogen) atoms. The number of benzene rings is 1. The first-order chi connectivity index (χ1) is 16.4. The first-order valence-corrected chi connectivity index (χ1v) is 11.2.